The quantitative estimate of drug-likeness (QED) is 0.411. The van der Waals surface area contributed by atoms with Crippen LogP contribution in [-0.2, 0) is 13.1 Å². The van der Waals surface area contributed by atoms with Crippen LogP contribution in [0.4, 0.5) is 0 Å². The molecule has 2 saturated heterocycles. The highest BCUT2D eigenvalue weighted by Crippen LogP contribution is 2.48. The van der Waals surface area contributed by atoms with Crippen molar-refractivity contribution in [3.63, 3.8) is 0 Å². The number of rotatable bonds is 7. The first-order valence-electron chi connectivity index (χ1n) is 12.8. The molecule has 1 unspecified atom stereocenters. The Kier molecular flexibility index (Phi) is 6.29. The van der Waals surface area contributed by atoms with Crippen LogP contribution in [0.2, 0.25) is 0 Å². The average Bonchev–Trinajstić information content (AvgIpc) is 3.67. The molecular formula is C29H30N6O3. The SMILES string of the molecule is CN1CC2(C1)CN(C(=O)c1cnn(Cc3ccccc3)c1)CC2c1nc(C(=O)NCc2ccccc2)co1. The number of nitrogens with one attached hydrogen (secondary N) is 1. The number of aromatic nitrogens is 3. The van der Waals surface area contributed by atoms with Crippen LogP contribution in [0.1, 0.15) is 43.8 Å². The predicted octanol–water partition coefficient (Wildman–Crippen LogP) is 3.02. The molecule has 4 aromatic rings. The van der Waals surface area contributed by atoms with Crippen LogP contribution in [0, 0.1) is 5.41 Å². The maximum atomic E-state index is 13.5. The summed E-state index contributed by atoms with van der Waals surface area (Å²) in [5.74, 6) is 0.101. The largest absolute Gasteiger partial charge is 0.448 e. The van der Waals surface area contributed by atoms with Gasteiger partial charge in [-0.3, -0.25) is 14.3 Å². The number of amides is 2. The van der Waals surface area contributed by atoms with Crippen LogP contribution in [0.5, 0.6) is 0 Å². The molecule has 2 aromatic heterocycles. The number of oxazole rings is 1. The zero-order valence-electron chi connectivity index (χ0n) is 21.3. The summed E-state index contributed by atoms with van der Waals surface area (Å²) in [6.45, 7) is 3.81. The number of likely N-dealkylation sites (tertiary alicyclic amines) is 2. The van der Waals surface area contributed by atoms with Crippen molar-refractivity contribution in [2.24, 2.45) is 5.41 Å². The Hall–Kier alpha value is -4.24. The molecule has 1 N–H and O–H groups in total. The van der Waals surface area contributed by atoms with Crippen molar-refractivity contribution in [2.45, 2.75) is 19.0 Å². The topological polar surface area (TPSA) is 96.5 Å². The van der Waals surface area contributed by atoms with Gasteiger partial charge in [-0.1, -0.05) is 60.7 Å². The number of carbonyl (C=O) groups is 2. The van der Waals surface area contributed by atoms with E-state index >= 15 is 0 Å². The molecule has 2 aromatic carbocycles. The molecule has 4 heterocycles. The minimum atomic E-state index is -0.277. The second kappa shape index (κ2) is 9.90. The van der Waals surface area contributed by atoms with Gasteiger partial charge < -0.3 is 19.5 Å². The number of hydrogen-bond donors (Lipinski definition) is 1. The first-order chi connectivity index (χ1) is 18.5. The Morgan fingerprint density at radius 2 is 1.74 bits per heavy atom. The van der Waals surface area contributed by atoms with E-state index < -0.39 is 0 Å². The highest BCUT2D eigenvalue weighted by Gasteiger charge is 2.56. The fraction of sp³-hybridized carbons (Fsp3) is 0.310. The van der Waals surface area contributed by atoms with Gasteiger partial charge in [-0.05, 0) is 18.2 Å². The van der Waals surface area contributed by atoms with E-state index in [2.05, 4.69) is 27.3 Å². The Bertz CT molecular complexity index is 1420. The first-order valence-corrected chi connectivity index (χ1v) is 12.8. The molecule has 1 spiro atoms. The lowest BCUT2D eigenvalue weighted by Crippen LogP contribution is -2.58. The van der Waals surface area contributed by atoms with Gasteiger partial charge >= 0.3 is 0 Å². The van der Waals surface area contributed by atoms with Crippen molar-refractivity contribution in [2.75, 3.05) is 33.2 Å². The van der Waals surface area contributed by atoms with Crippen molar-refractivity contribution >= 4 is 11.8 Å². The molecule has 0 radical (unpaired) electrons. The molecule has 2 aliphatic rings. The van der Waals surface area contributed by atoms with Gasteiger partial charge in [0.2, 0.25) is 0 Å². The first kappa shape index (κ1) is 24.1. The molecule has 0 saturated carbocycles. The smallest absolute Gasteiger partial charge is 0.273 e. The monoisotopic (exact) mass is 510 g/mol. The third kappa shape index (κ3) is 4.72. The fourth-order valence-electron chi connectivity index (χ4n) is 5.75. The summed E-state index contributed by atoms with van der Waals surface area (Å²) < 4.78 is 7.64. The van der Waals surface area contributed by atoms with E-state index in [9.17, 15) is 9.59 Å². The minimum Gasteiger partial charge on any atom is -0.448 e. The molecular weight excluding hydrogens is 480 g/mol. The van der Waals surface area contributed by atoms with E-state index in [-0.39, 0.29) is 28.8 Å². The number of nitrogens with zero attached hydrogens (tertiary/aromatic N) is 5. The van der Waals surface area contributed by atoms with Crippen molar-refractivity contribution in [3.05, 3.63) is 108 Å². The highest BCUT2D eigenvalue weighted by atomic mass is 16.3. The summed E-state index contributed by atoms with van der Waals surface area (Å²) in [4.78, 5) is 34.9. The Labute approximate surface area is 221 Å². The molecule has 38 heavy (non-hydrogen) atoms. The maximum Gasteiger partial charge on any atom is 0.273 e. The van der Waals surface area contributed by atoms with E-state index in [1.165, 1.54) is 6.26 Å². The molecule has 194 valence electrons. The van der Waals surface area contributed by atoms with Gasteiger partial charge in [0.05, 0.1) is 24.2 Å². The molecule has 0 aliphatic carbocycles. The highest BCUT2D eigenvalue weighted by molar-refractivity contribution is 5.94. The summed E-state index contributed by atoms with van der Waals surface area (Å²) >= 11 is 0. The van der Waals surface area contributed by atoms with E-state index in [1.807, 2.05) is 71.8 Å². The lowest BCUT2D eigenvalue weighted by Gasteiger charge is -2.48. The van der Waals surface area contributed by atoms with Crippen LogP contribution in [0.3, 0.4) is 0 Å². The fourth-order valence-corrected chi connectivity index (χ4v) is 5.75. The van der Waals surface area contributed by atoms with E-state index in [4.69, 9.17) is 4.42 Å². The average molecular weight is 511 g/mol. The summed E-state index contributed by atoms with van der Waals surface area (Å²) in [6.07, 6.45) is 4.87. The molecule has 2 amide bonds. The maximum absolute atomic E-state index is 13.5. The molecule has 2 fully saturated rings. The van der Waals surface area contributed by atoms with Crippen LogP contribution < -0.4 is 5.32 Å². The summed E-state index contributed by atoms with van der Waals surface area (Å²) in [7, 11) is 2.07. The van der Waals surface area contributed by atoms with Crippen molar-refractivity contribution < 1.29 is 14.0 Å². The Morgan fingerprint density at radius 3 is 2.45 bits per heavy atom. The molecule has 0 bridgehead atoms. The minimum absolute atomic E-state index is 0.0480. The summed E-state index contributed by atoms with van der Waals surface area (Å²) in [6, 6.07) is 19.8. The van der Waals surface area contributed by atoms with Crippen molar-refractivity contribution in [1.82, 2.24) is 29.9 Å². The normalized spacial score (nSPS) is 18.4. The Balaban J connectivity index is 1.15. The Morgan fingerprint density at radius 1 is 1.03 bits per heavy atom. The van der Waals surface area contributed by atoms with Gasteiger partial charge in [-0.25, -0.2) is 4.98 Å². The number of benzene rings is 2. The van der Waals surface area contributed by atoms with E-state index in [1.54, 1.807) is 10.9 Å². The predicted molar refractivity (Wildman–Crippen MR) is 140 cm³/mol. The third-order valence-corrected chi connectivity index (χ3v) is 7.52. The van der Waals surface area contributed by atoms with Crippen LogP contribution in [-0.4, -0.2) is 69.6 Å². The molecule has 9 nitrogen and oxygen atoms in total. The number of carbonyl (C=O) groups excluding carboxylic acids is 2. The van der Waals surface area contributed by atoms with Crippen LogP contribution in [0.25, 0.3) is 0 Å². The summed E-state index contributed by atoms with van der Waals surface area (Å²) in [5, 5.41) is 7.31. The zero-order chi connectivity index (χ0) is 26.1. The lowest BCUT2D eigenvalue weighted by molar-refractivity contribution is 0.0126. The molecule has 9 heteroatoms. The van der Waals surface area contributed by atoms with Gasteiger partial charge in [0.15, 0.2) is 11.6 Å². The lowest BCUT2D eigenvalue weighted by atomic mass is 9.72. The van der Waals surface area contributed by atoms with Crippen molar-refractivity contribution in [1.29, 1.82) is 0 Å². The second-order valence-electron chi connectivity index (χ2n) is 10.4. The van der Waals surface area contributed by atoms with Crippen molar-refractivity contribution in [3.8, 4) is 0 Å². The number of hydrogen-bond acceptors (Lipinski definition) is 6. The van der Waals surface area contributed by atoms with E-state index in [0.29, 0.717) is 37.6 Å². The standard InChI is InChI=1S/C29H30N6O3/c1-33-18-29(19-33)20-34(28(37)23-13-31-35(15-23)14-22-10-6-3-7-11-22)16-24(29)27-32-25(17-38-27)26(36)30-12-21-8-4-2-5-9-21/h2-11,13,15,17,24H,12,14,16,18-20H2,1H3,(H,30,36). The van der Waals surface area contributed by atoms with Gasteiger partial charge in [-0.2, -0.15) is 5.10 Å². The van der Waals surface area contributed by atoms with E-state index in [0.717, 1.165) is 24.2 Å². The molecule has 1 atom stereocenters. The third-order valence-electron chi connectivity index (χ3n) is 7.52. The van der Waals surface area contributed by atoms with Gasteiger partial charge in [0, 0.05) is 44.3 Å². The molecule has 6 rings (SSSR count). The molecule has 2 aliphatic heterocycles. The van der Waals surface area contributed by atoms with Gasteiger partial charge in [0.1, 0.15) is 6.26 Å². The second-order valence-corrected chi connectivity index (χ2v) is 10.4. The summed E-state index contributed by atoms with van der Waals surface area (Å²) in [5.41, 5.74) is 2.81. The van der Waals surface area contributed by atoms with Gasteiger partial charge in [0.25, 0.3) is 11.8 Å². The van der Waals surface area contributed by atoms with Crippen LogP contribution >= 0.6 is 0 Å². The van der Waals surface area contributed by atoms with Gasteiger partial charge in [-0.15, -0.1) is 0 Å². The van der Waals surface area contributed by atoms with Crippen LogP contribution in [0.15, 0.2) is 83.7 Å². The zero-order valence-corrected chi connectivity index (χ0v) is 21.3.